The highest BCUT2D eigenvalue weighted by molar-refractivity contribution is 6.79. The molecule has 96 valence electrons. The second kappa shape index (κ2) is 5.31. The zero-order valence-electron chi connectivity index (χ0n) is 11.7. The van der Waals surface area contributed by atoms with Gasteiger partial charge >= 0.3 is 8.72 Å². The molecule has 1 rings (SSSR count). The summed E-state index contributed by atoms with van der Waals surface area (Å²) in [6, 6.07) is 1.13. The summed E-state index contributed by atoms with van der Waals surface area (Å²) in [5.41, 5.74) is 0.696. The van der Waals surface area contributed by atoms with E-state index in [-0.39, 0.29) is 0 Å². The number of nitrogens with zero attached hydrogens (tertiary/aromatic N) is 1. The lowest BCUT2D eigenvalue weighted by Crippen LogP contribution is -2.63. The average Bonchev–Trinajstić information content (AvgIpc) is 2.61. The van der Waals surface area contributed by atoms with Gasteiger partial charge in [0.05, 0.1) is 8.07 Å². The van der Waals surface area contributed by atoms with Crippen LogP contribution in [0, 0.1) is 0 Å². The lowest BCUT2D eigenvalue weighted by Gasteiger charge is -2.43. The fourth-order valence-electron chi connectivity index (χ4n) is 3.00. The van der Waals surface area contributed by atoms with Gasteiger partial charge in [0.15, 0.2) is 0 Å². The molecule has 0 bridgehead atoms. The van der Waals surface area contributed by atoms with E-state index in [1.165, 1.54) is 12.8 Å². The van der Waals surface area contributed by atoms with Gasteiger partial charge in [-0.3, -0.25) is 4.57 Å². The Morgan fingerprint density at radius 3 is 2.19 bits per heavy atom. The highest BCUT2D eigenvalue weighted by Gasteiger charge is 2.52. The van der Waals surface area contributed by atoms with Crippen LogP contribution in [0.3, 0.4) is 0 Å². The van der Waals surface area contributed by atoms with E-state index in [0.717, 1.165) is 12.6 Å². The Labute approximate surface area is 102 Å². The molecule has 1 aliphatic rings. The van der Waals surface area contributed by atoms with Gasteiger partial charge in [-0.15, -0.1) is 0 Å². The Morgan fingerprint density at radius 2 is 1.81 bits per heavy atom. The highest BCUT2D eigenvalue weighted by atomic mass is 28.4. The van der Waals surface area contributed by atoms with Crippen LogP contribution in [0.2, 0.25) is 25.7 Å². The molecule has 0 aliphatic carbocycles. The Hall–Kier alpha value is 0.314. The quantitative estimate of drug-likeness (QED) is 0.710. The smallest absolute Gasteiger partial charge is 0.386 e. The predicted molar refractivity (Wildman–Crippen MR) is 73.3 cm³/mol. The molecule has 0 saturated carbocycles. The largest absolute Gasteiger partial charge is 0.427 e. The molecule has 0 amide bonds. The van der Waals surface area contributed by atoms with Crippen LogP contribution in [0.5, 0.6) is 0 Å². The summed E-state index contributed by atoms with van der Waals surface area (Å²) in [4.78, 5) is 0. The molecule has 1 unspecified atom stereocenters. The minimum atomic E-state index is -2.04. The van der Waals surface area contributed by atoms with Crippen molar-refractivity contribution in [3.8, 4) is 0 Å². The maximum atomic E-state index is 5.80. The Kier molecular flexibility index (Phi) is 4.77. The zero-order chi connectivity index (χ0) is 12.4. The van der Waals surface area contributed by atoms with Crippen LogP contribution < -0.4 is 0 Å². The van der Waals surface area contributed by atoms with E-state index < -0.39 is 16.8 Å². The van der Waals surface area contributed by atoms with E-state index >= 15 is 0 Å². The average molecular weight is 262 g/mol. The SMILES string of the molecule is CCC(N1CCC[Si]1(OC)OC)[Si](C)(C)C. The molecular weight excluding hydrogens is 234 g/mol. The zero-order valence-corrected chi connectivity index (χ0v) is 13.7. The van der Waals surface area contributed by atoms with Crippen molar-refractivity contribution >= 4 is 16.8 Å². The van der Waals surface area contributed by atoms with Crippen LogP contribution in [-0.2, 0) is 8.85 Å². The van der Waals surface area contributed by atoms with Crippen LogP contribution in [0.25, 0.3) is 0 Å². The predicted octanol–water partition coefficient (Wildman–Crippen LogP) is 2.58. The van der Waals surface area contributed by atoms with Gasteiger partial charge in [-0.25, -0.2) is 0 Å². The fraction of sp³-hybridized carbons (Fsp3) is 1.00. The van der Waals surface area contributed by atoms with E-state index in [0.29, 0.717) is 5.67 Å². The molecule has 0 spiro atoms. The van der Waals surface area contributed by atoms with Gasteiger partial charge in [-0.2, -0.15) is 0 Å². The molecule has 1 saturated heterocycles. The molecule has 16 heavy (non-hydrogen) atoms. The third-order valence-corrected chi connectivity index (χ3v) is 10.4. The molecule has 0 radical (unpaired) electrons. The van der Waals surface area contributed by atoms with Crippen molar-refractivity contribution in [1.82, 2.24) is 4.57 Å². The summed E-state index contributed by atoms with van der Waals surface area (Å²) in [7, 11) is 0.441. The molecule has 5 heteroatoms. The molecule has 0 aromatic heterocycles. The van der Waals surface area contributed by atoms with E-state index in [2.05, 4.69) is 31.1 Å². The molecule has 0 aromatic rings. The van der Waals surface area contributed by atoms with Crippen LogP contribution >= 0.6 is 0 Å². The second-order valence-electron chi connectivity index (χ2n) is 5.71. The monoisotopic (exact) mass is 261 g/mol. The van der Waals surface area contributed by atoms with Crippen molar-refractivity contribution in [3.05, 3.63) is 0 Å². The first-order valence-electron chi connectivity index (χ1n) is 6.28. The Balaban J connectivity index is 2.92. The van der Waals surface area contributed by atoms with Gasteiger partial charge in [-0.1, -0.05) is 26.6 Å². The normalized spacial score (nSPS) is 23.6. The Bertz CT molecular complexity index is 227. The van der Waals surface area contributed by atoms with Crippen molar-refractivity contribution < 1.29 is 8.85 Å². The second-order valence-corrected chi connectivity index (χ2v) is 14.4. The van der Waals surface area contributed by atoms with E-state index in [1.54, 1.807) is 0 Å². The highest BCUT2D eigenvalue weighted by Crippen LogP contribution is 2.33. The van der Waals surface area contributed by atoms with Gasteiger partial charge in [-0.05, 0) is 19.4 Å². The molecule has 1 atom stereocenters. The summed E-state index contributed by atoms with van der Waals surface area (Å²) in [5.74, 6) is 0. The molecule has 1 heterocycles. The third kappa shape index (κ3) is 2.59. The fourth-order valence-corrected chi connectivity index (χ4v) is 10.1. The maximum absolute atomic E-state index is 5.80. The first-order valence-corrected chi connectivity index (χ1v) is 11.8. The number of hydrogen-bond donors (Lipinski definition) is 0. The summed E-state index contributed by atoms with van der Waals surface area (Å²) < 4.78 is 14.2. The molecule has 1 aliphatic heterocycles. The van der Waals surface area contributed by atoms with Crippen molar-refractivity contribution in [2.75, 3.05) is 20.8 Å². The summed E-state index contributed by atoms with van der Waals surface area (Å²) in [5, 5.41) is 0. The van der Waals surface area contributed by atoms with Gasteiger partial charge in [0, 0.05) is 25.9 Å². The van der Waals surface area contributed by atoms with E-state index in [4.69, 9.17) is 8.85 Å². The van der Waals surface area contributed by atoms with Gasteiger partial charge in [0.2, 0.25) is 0 Å². The van der Waals surface area contributed by atoms with E-state index in [9.17, 15) is 0 Å². The number of hydrogen-bond acceptors (Lipinski definition) is 3. The van der Waals surface area contributed by atoms with Crippen LogP contribution in [0.1, 0.15) is 19.8 Å². The summed E-state index contributed by atoms with van der Waals surface area (Å²) in [6.07, 6.45) is 2.45. The van der Waals surface area contributed by atoms with Crippen molar-refractivity contribution in [1.29, 1.82) is 0 Å². The van der Waals surface area contributed by atoms with Crippen LogP contribution in [0.15, 0.2) is 0 Å². The first-order chi connectivity index (χ1) is 7.41. The van der Waals surface area contributed by atoms with Crippen LogP contribution in [-0.4, -0.2) is 47.8 Å². The molecule has 0 N–H and O–H groups in total. The molecule has 3 nitrogen and oxygen atoms in total. The van der Waals surface area contributed by atoms with Crippen molar-refractivity contribution in [2.24, 2.45) is 0 Å². The van der Waals surface area contributed by atoms with Crippen LogP contribution in [0.4, 0.5) is 0 Å². The molecule has 0 aromatic carbocycles. The lowest BCUT2D eigenvalue weighted by atomic mass is 10.4. The topological polar surface area (TPSA) is 21.7 Å². The lowest BCUT2D eigenvalue weighted by molar-refractivity contribution is 0.172. The first kappa shape index (κ1) is 14.4. The Morgan fingerprint density at radius 1 is 1.25 bits per heavy atom. The number of rotatable bonds is 5. The third-order valence-electron chi connectivity index (χ3n) is 3.73. The van der Waals surface area contributed by atoms with Gasteiger partial charge < -0.3 is 8.85 Å². The van der Waals surface area contributed by atoms with Crippen molar-refractivity contribution in [2.45, 2.75) is 51.1 Å². The minimum Gasteiger partial charge on any atom is -0.386 e. The van der Waals surface area contributed by atoms with E-state index in [1.807, 2.05) is 14.2 Å². The molecular formula is C11H27NO2Si2. The van der Waals surface area contributed by atoms with Crippen molar-refractivity contribution in [3.63, 3.8) is 0 Å². The maximum Gasteiger partial charge on any atom is 0.427 e. The van der Waals surface area contributed by atoms with Gasteiger partial charge in [0.1, 0.15) is 0 Å². The van der Waals surface area contributed by atoms with Gasteiger partial charge in [0.25, 0.3) is 0 Å². The standard InChI is InChI=1S/C11H27NO2Si2/c1-7-11(15(4,5)6)12-9-8-10-16(12,13-2)14-3/h11H,7-10H2,1-6H3. The summed E-state index contributed by atoms with van der Waals surface area (Å²) >= 11 is 0. The summed E-state index contributed by atoms with van der Waals surface area (Å²) in [6.45, 7) is 10.8. The minimum absolute atomic E-state index is 0.696. The molecule has 1 fully saturated rings.